The van der Waals surface area contributed by atoms with Crippen LogP contribution in [0.1, 0.15) is 32.8 Å². The van der Waals surface area contributed by atoms with Crippen molar-refractivity contribution in [2.75, 3.05) is 10.8 Å². The van der Waals surface area contributed by atoms with Gasteiger partial charge in [0.2, 0.25) is 11.8 Å². The van der Waals surface area contributed by atoms with Crippen LogP contribution in [0.3, 0.4) is 0 Å². The average Bonchev–Trinajstić information content (AvgIpc) is 2.95. The third kappa shape index (κ3) is 7.41. The highest BCUT2D eigenvalue weighted by atomic mass is 32.2. The Bertz CT molecular complexity index is 1430. The molecule has 0 fully saturated rings. The number of non-ortho nitro benzene ring substituents is 1. The fourth-order valence-corrected chi connectivity index (χ4v) is 5.26. The molecular weight excluding hydrogens is 539 g/mol. The Hall–Kier alpha value is -4.32. The molecule has 12 heteroatoms. The molecule has 0 aliphatic heterocycles. The van der Waals surface area contributed by atoms with E-state index in [2.05, 4.69) is 5.32 Å². The van der Waals surface area contributed by atoms with E-state index in [0.717, 1.165) is 16.4 Å². The quantitative estimate of drug-likeness (QED) is 0.256. The largest absolute Gasteiger partial charge is 0.352 e. The number of nitro benzene ring substituents is 1. The SMILES string of the molecule is CCC(C)NC(=O)C(C)N(Cc1ccc(F)cc1)C(=O)CN(c1ccc([N+](=O)[O-])cc1)S(=O)(=O)c1ccccc1. The van der Waals surface area contributed by atoms with E-state index in [4.69, 9.17) is 0 Å². The zero-order valence-corrected chi connectivity index (χ0v) is 23.2. The smallest absolute Gasteiger partial charge is 0.269 e. The maximum Gasteiger partial charge on any atom is 0.269 e. The van der Waals surface area contributed by atoms with Gasteiger partial charge in [0, 0.05) is 24.7 Å². The van der Waals surface area contributed by atoms with E-state index in [9.17, 15) is 32.5 Å². The van der Waals surface area contributed by atoms with Crippen molar-refractivity contribution < 1.29 is 27.3 Å². The number of rotatable bonds is 12. The van der Waals surface area contributed by atoms with Crippen LogP contribution in [-0.2, 0) is 26.2 Å². The Morgan fingerprint density at radius 2 is 1.57 bits per heavy atom. The predicted molar refractivity (Wildman–Crippen MR) is 148 cm³/mol. The molecule has 0 saturated carbocycles. The molecule has 0 heterocycles. The molecule has 3 aromatic rings. The summed E-state index contributed by atoms with van der Waals surface area (Å²) in [5.41, 5.74) is 0.312. The second kappa shape index (κ2) is 13.2. The first kappa shape index (κ1) is 30.2. The average molecular weight is 571 g/mol. The maximum absolute atomic E-state index is 13.8. The van der Waals surface area contributed by atoms with Gasteiger partial charge in [0.1, 0.15) is 18.4 Å². The monoisotopic (exact) mass is 570 g/mol. The third-order valence-corrected chi connectivity index (χ3v) is 8.18. The Morgan fingerprint density at radius 1 is 0.975 bits per heavy atom. The highest BCUT2D eigenvalue weighted by Crippen LogP contribution is 2.26. The number of nitrogens with one attached hydrogen (secondary N) is 1. The molecule has 2 unspecified atom stereocenters. The first-order valence-electron chi connectivity index (χ1n) is 12.6. The van der Waals surface area contributed by atoms with E-state index in [1.807, 2.05) is 13.8 Å². The molecule has 10 nitrogen and oxygen atoms in total. The third-order valence-electron chi connectivity index (χ3n) is 6.39. The predicted octanol–water partition coefficient (Wildman–Crippen LogP) is 4.26. The first-order chi connectivity index (χ1) is 18.9. The van der Waals surface area contributed by atoms with Crippen molar-refractivity contribution in [1.29, 1.82) is 0 Å². The summed E-state index contributed by atoms with van der Waals surface area (Å²) in [4.78, 5) is 38.5. The minimum atomic E-state index is -4.30. The second-order valence-electron chi connectivity index (χ2n) is 9.24. The number of carbonyl (C=O) groups excluding carboxylic acids is 2. The molecule has 0 spiro atoms. The number of sulfonamides is 1. The van der Waals surface area contributed by atoms with Crippen LogP contribution in [0, 0.1) is 15.9 Å². The molecule has 0 radical (unpaired) electrons. The lowest BCUT2D eigenvalue weighted by molar-refractivity contribution is -0.384. The summed E-state index contributed by atoms with van der Waals surface area (Å²) in [5.74, 6) is -1.60. The van der Waals surface area contributed by atoms with Crippen molar-refractivity contribution in [3.05, 3.63) is 100 Å². The van der Waals surface area contributed by atoms with Crippen LogP contribution in [-0.4, -0.2) is 48.7 Å². The molecule has 0 aromatic heterocycles. The standard InChI is InChI=1S/C28H31FN4O6S/c1-4-20(2)30-28(35)21(3)31(18-22-10-12-23(29)13-11-22)27(34)19-32(24-14-16-25(17-15-24)33(36)37)40(38,39)26-8-6-5-7-9-26/h5-17,20-21H,4,18-19H2,1-3H3,(H,30,35). The molecule has 2 amide bonds. The first-order valence-corrected chi connectivity index (χ1v) is 14.0. The number of hydrogen-bond donors (Lipinski definition) is 1. The van der Waals surface area contributed by atoms with Crippen molar-refractivity contribution >= 4 is 33.2 Å². The van der Waals surface area contributed by atoms with Crippen LogP contribution in [0.4, 0.5) is 15.8 Å². The summed E-state index contributed by atoms with van der Waals surface area (Å²) < 4.78 is 41.8. The van der Waals surface area contributed by atoms with Gasteiger partial charge in [-0.15, -0.1) is 0 Å². The van der Waals surface area contributed by atoms with Gasteiger partial charge < -0.3 is 10.2 Å². The van der Waals surface area contributed by atoms with Crippen LogP contribution in [0.2, 0.25) is 0 Å². The lowest BCUT2D eigenvalue weighted by Crippen LogP contribution is -2.52. The van der Waals surface area contributed by atoms with Crippen molar-refractivity contribution in [2.24, 2.45) is 0 Å². The number of halogens is 1. The lowest BCUT2D eigenvalue weighted by atomic mass is 10.1. The van der Waals surface area contributed by atoms with E-state index in [1.165, 1.54) is 72.5 Å². The molecule has 0 saturated heterocycles. The summed E-state index contributed by atoms with van der Waals surface area (Å²) >= 11 is 0. The van der Waals surface area contributed by atoms with E-state index < -0.39 is 45.2 Å². The Morgan fingerprint density at radius 3 is 2.12 bits per heavy atom. The molecule has 0 bridgehead atoms. The van der Waals surface area contributed by atoms with Crippen LogP contribution in [0.5, 0.6) is 0 Å². The lowest BCUT2D eigenvalue weighted by Gasteiger charge is -2.32. The number of amides is 2. The number of nitrogens with zero attached hydrogens (tertiary/aromatic N) is 3. The number of benzene rings is 3. The van der Waals surface area contributed by atoms with Crippen molar-refractivity contribution in [1.82, 2.24) is 10.2 Å². The Labute approximate surface area is 232 Å². The van der Waals surface area contributed by atoms with Crippen molar-refractivity contribution in [3.8, 4) is 0 Å². The summed E-state index contributed by atoms with van der Waals surface area (Å²) in [7, 11) is -4.30. The summed E-state index contributed by atoms with van der Waals surface area (Å²) in [6.45, 7) is 4.46. The van der Waals surface area contributed by atoms with Gasteiger partial charge in [-0.05, 0) is 62.2 Å². The van der Waals surface area contributed by atoms with E-state index >= 15 is 0 Å². The van der Waals surface area contributed by atoms with E-state index in [1.54, 1.807) is 6.07 Å². The van der Waals surface area contributed by atoms with Gasteiger partial charge in [-0.3, -0.25) is 24.0 Å². The van der Waals surface area contributed by atoms with Crippen LogP contribution in [0.15, 0.2) is 83.8 Å². The zero-order chi connectivity index (χ0) is 29.4. The van der Waals surface area contributed by atoms with Gasteiger partial charge in [-0.1, -0.05) is 37.3 Å². The van der Waals surface area contributed by atoms with Gasteiger partial charge in [-0.25, -0.2) is 12.8 Å². The highest BCUT2D eigenvalue weighted by molar-refractivity contribution is 7.92. The zero-order valence-electron chi connectivity index (χ0n) is 22.4. The van der Waals surface area contributed by atoms with Gasteiger partial charge >= 0.3 is 0 Å². The normalized spacial score (nSPS) is 12.7. The molecule has 0 aliphatic rings. The van der Waals surface area contributed by atoms with Crippen LogP contribution < -0.4 is 9.62 Å². The molecule has 212 valence electrons. The molecular formula is C28H31FN4O6S. The van der Waals surface area contributed by atoms with Crippen LogP contribution >= 0.6 is 0 Å². The Kier molecular flexibility index (Phi) is 9.94. The van der Waals surface area contributed by atoms with E-state index in [0.29, 0.717) is 12.0 Å². The molecule has 2 atom stereocenters. The minimum absolute atomic E-state index is 0.0289. The fourth-order valence-electron chi connectivity index (χ4n) is 3.82. The fraction of sp³-hybridized carbons (Fsp3) is 0.286. The molecule has 0 aliphatic carbocycles. The van der Waals surface area contributed by atoms with Crippen molar-refractivity contribution in [2.45, 2.75) is 50.7 Å². The van der Waals surface area contributed by atoms with Gasteiger partial charge in [0.05, 0.1) is 15.5 Å². The number of hydrogen-bond acceptors (Lipinski definition) is 6. The Balaban J connectivity index is 2.02. The highest BCUT2D eigenvalue weighted by Gasteiger charge is 2.33. The number of nitro groups is 1. The topological polar surface area (TPSA) is 130 Å². The van der Waals surface area contributed by atoms with E-state index in [-0.39, 0.29) is 28.9 Å². The van der Waals surface area contributed by atoms with Gasteiger partial charge in [-0.2, -0.15) is 0 Å². The molecule has 3 rings (SSSR count). The second-order valence-corrected chi connectivity index (χ2v) is 11.1. The maximum atomic E-state index is 13.8. The summed E-state index contributed by atoms with van der Waals surface area (Å²) in [6.07, 6.45) is 0.660. The molecule has 40 heavy (non-hydrogen) atoms. The van der Waals surface area contributed by atoms with Gasteiger partial charge in [0.25, 0.3) is 15.7 Å². The minimum Gasteiger partial charge on any atom is -0.352 e. The number of carbonyl (C=O) groups is 2. The number of anilines is 1. The summed E-state index contributed by atoms with van der Waals surface area (Å²) in [6, 6.07) is 16.5. The summed E-state index contributed by atoms with van der Waals surface area (Å²) in [5, 5.41) is 14.0. The molecule has 1 N–H and O–H groups in total. The van der Waals surface area contributed by atoms with Gasteiger partial charge in [0.15, 0.2) is 0 Å². The van der Waals surface area contributed by atoms with Crippen LogP contribution in [0.25, 0.3) is 0 Å². The molecule has 3 aromatic carbocycles. The van der Waals surface area contributed by atoms with Crippen molar-refractivity contribution in [3.63, 3.8) is 0 Å².